The first-order valence-electron chi connectivity index (χ1n) is 8.33. The molecule has 0 aliphatic heterocycles. The number of benzene rings is 1. The summed E-state index contributed by atoms with van der Waals surface area (Å²) in [6, 6.07) is 7.08. The molecule has 0 bridgehead atoms. The second-order valence-corrected chi connectivity index (χ2v) is 6.24. The zero-order chi connectivity index (χ0) is 19.7. The summed E-state index contributed by atoms with van der Waals surface area (Å²) in [6.45, 7) is 3.42. The molecule has 0 unspecified atom stereocenters. The number of hydrogen-bond acceptors (Lipinski definition) is 5. The standard InChI is InChI=1S/C19H20N4O4/c1-11-6-5-7-13(12(11)2)21-15(24)10-23-18(25)16-14(27-4)8-9-20-17(16)22(3)19(23)26/h5-9H,10H2,1-4H3,(H,21,24). The fourth-order valence-corrected chi connectivity index (χ4v) is 2.91. The minimum Gasteiger partial charge on any atom is -0.496 e. The van der Waals surface area contributed by atoms with Crippen LogP contribution >= 0.6 is 0 Å². The van der Waals surface area contributed by atoms with Gasteiger partial charge in [-0.2, -0.15) is 0 Å². The Balaban J connectivity index is 2.04. The van der Waals surface area contributed by atoms with Crippen molar-refractivity contribution in [3.63, 3.8) is 0 Å². The molecule has 1 amide bonds. The molecule has 140 valence electrons. The van der Waals surface area contributed by atoms with Crippen LogP contribution in [0.1, 0.15) is 11.1 Å². The molecule has 0 atom stereocenters. The highest BCUT2D eigenvalue weighted by atomic mass is 16.5. The predicted molar refractivity (Wildman–Crippen MR) is 102 cm³/mol. The zero-order valence-electron chi connectivity index (χ0n) is 15.6. The molecule has 0 saturated heterocycles. The summed E-state index contributed by atoms with van der Waals surface area (Å²) < 4.78 is 7.33. The maximum Gasteiger partial charge on any atom is 0.332 e. The lowest BCUT2D eigenvalue weighted by Crippen LogP contribution is -2.42. The fraction of sp³-hybridized carbons (Fsp3) is 0.263. The molecule has 3 rings (SSSR count). The van der Waals surface area contributed by atoms with Crippen LogP contribution in [-0.4, -0.2) is 27.1 Å². The number of pyridine rings is 1. The van der Waals surface area contributed by atoms with Gasteiger partial charge in [-0.1, -0.05) is 12.1 Å². The lowest BCUT2D eigenvalue weighted by molar-refractivity contribution is -0.116. The van der Waals surface area contributed by atoms with E-state index < -0.39 is 23.7 Å². The summed E-state index contributed by atoms with van der Waals surface area (Å²) in [5.74, 6) is -0.172. The average Bonchev–Trinajstić information content (AvgIpc) is 2.66. The number of aromatic nitrogens is 3. The Bertz CT molecular complexity index is 1160. The van der Waals surface area contributed by atoms with Crippen molar-refractivity contribution in [3.05, 3.63) is 62.4 Å². The molecule has 0 fully saturated rings. The Kier molecular flexibility index (Phi) is 4.81. The highest BCUT2D eigenvalue weighted by Crippen LogP contribution is 2.19. The molecule has 1 aromatic carbocycles. The van der Waals surface area contributed by atoms with E-state index in [2.05, 4.69) is 10.3 Å². The van der Waals surface area contributed by atoms with Crippen LogP contribution in [0.25, 0.3) is 11.0 Å². The molecular formula is C19H20N4O4. The van der Waals surface area contributed by atoms with Crippen molar-refractivity contribution in [2.24, 2.45) is 7.05 Å². The van der Waals surface area contributed by atoms with Gasteiger partial charge in [0.1, 0.15) is 17.7 Å². The highest BCUT2D eigenvalue weighted by molar-refractivity contribution is 5.91. The maximum atomic E-state index is 12.8. The normalized spacial score (nSPS) is 10.8. The Hall–Kier alpha value is -3.42. The van der Waals surface area contributed by atoms with Gasteiger partial charge in [-0.15, -0.1) is 0 Å². The van der Waals surface area contributed by atoms with E-state index in [4.69, 9.17) is 4.74 Å². The molecule has 0 saturated carbocycles. The van der Waals surface area contributed by atoms with Crippen LogP contribution < -0.4 is 21.3 Å². The molecular weight excluding hydrogens is 348 g/mol. The van der Waals surface area contributed by atoms with E-state index in [1.54, 1.807) is 6.07 Å². The first-order valence-corrected chi connectivity index (χ1v) is 8.33. The monoisotopic (exact) mass is 368 g/mol. The first-order chi connectivity index (χ1) is 12.8. The number of carbonyl (C=O) groups excluding carboxylic acids is 1. The number of nitrogens with zero attached hydrogens (tertiary/aromatic N) is 3. The number of ether oxygens (including phenoxy) is 1. The van der Waals surface area contributed by atoms with Gasteiger partial charge in [-0.3, -0.25) is 14.2 Å². The molecule has 0 aliphatic rings. The van der Waals surface area contributed by atoms with Crippen molar-refractivity contribution in [2.45, 2.75) is 20.4 Å². The van der Waals surface area contributed by atoms with Crippen molar-refractivity contribution in [1.29, 1.82) is 0 Å². The second-order valence-electron chi connectivity index (χ2n) is 6.24. The van der Waals surface area contributed by atoms with Gasteiger partial charge in [0, 0.05) is 18.9 Å². The number of rotatable bonds is 4. The third kappa shape index (κ3) is 3.21. The van der Waals surface area contributed by atoms with Crippen LogP contribution in [0, 0.1) is 13.8 Å². The number of aryl methyl sites for hydroxylation is 2. The summed E-state index contributed by atoms with van der Waals surface area (Å²) in [5, 5.41) is 2.91. The number of nitrogens with one attached hydrogen (secondary N) is 1. The van der Waals surface area contributed by atoms with E-state index in [0.717, 1.165) is 15.7 Å². The molecule has 2 aromatic heterocycles. The third-order valence-electron chi connectivity index (χ3n) is 4.59. The first kappa shape index (κ1) is 18.4. The van der Waals surface area contributed by atoms with Gasteiger partial charge in [0.25, 0.3) is 5.56 Å². The van der Waals surface area contributed by atoms with E-state index in [0.29, 0.717) is 11.4 Å². The van der Waals surface area contributed by atoms with Crippen LogP contribution in [0.3, 0.4) is 0 Å². The Labute approximate surface area is 155 Å². The van der Waals surface area contributed by atoms with Crippen LogP contribution in [-0.2, 0) is 18.4 Å². The van der Waals surface area contributed by atoms with Gasteiger partial charge >= 0.3 is 5.69 Å². The van der Waals surface area contributed by atoms with Gasteiger partial charge in [0.2, 0.25) is 5.91 Å². The van der Waals surface area contributed by atoms with Gasteiger partial charge < -0.3 is 10.1 Å². The van der Waals surface area contributed by atoms with E-state index in [1.165, 1.54) is 31.0 Å². The molecule has 1 N–H and O–H groups in total. The SMILES string of the molecule is COc1ccnc2c1c(=O)n(CC(=O)Nc1cccc(C)c1C)c(=O)n2C. The van der Waals surface area contributed by atoms with Crippen LogP contribution in [0.2, 0.25) is 0 Å². The summed E-state index contributed by atoms with van der Waals surface area (Å²) in [4.78, 5) is 42.0. The van der Waals surface area contributed by atoms with Gasteiger partial charge in [-0.05, 0) is 37.1 Å². The van der Waals surface area contributed by atoms with Crippen LogP contribution in [0.4, 0.5) is 5.69 Å². The van der Waals surface area contributed by atoms with Gasteiger partial charge in [0.05, 0.1) is 7.11 Å². The summed E-state index contributed by atoms with van der Waals surface area (Å²) in [5.41, 5.74) is 1.57. The third-order valence-corrected chi connectivity index (χ3v) is 4.59. The van der Waals surface area contributed by atoms with E-state index in [9.17, 15) is 14.4 Å². The van der Waals surface area contributed by atoms with Crippen molar-refractivity contribution in [2.75, 3.05) is 12.4 Å². The average molecular weight is 368 g/mol. The molecule has 2 heterocycles. The smallest absolute Gasteiger partial charge is 0.332 e. The number of fused-ring (bicyclic) bond motifs is 1. The topological polar surface area (TPSA) is 95.2 Å². The minimum absolute atomic E-state index is 0.154. The second kappa shape index (κ2) is 7.06. The summed E-state index contributed by atoms with van der Waals surface area (Å²) in [6.07, 6.45) is 1.46. The number of anilines is 1. The van der Waals surface area contributed by atoms with Crippen LogP contribution in [0.15, 0.2) is 40.1 Å². The van der Waals surface area contributed by atoms with E-state index in [-0.39, 0.29) is 11.0 Å². The minimum atomic E-state index is -0.621. The lowest BCUT2D eigenvalue weighted by Gasteiger charge is -2.13. The largest absolute Gasteiger partial charge is 0.496 e. The molecule has 8 nitrogen and oxygen atoms in total. The van der Waals surface area contributed by atoms with Crippen molar-refractivity contribution >= 4 is 22.6 Å². The van der Waals surface area contributed by atoms with E-state index in [1.807, 2.05) is 26.0 Å². The molecule has 27 heavy (non-hydrogen) atoms. The lowest BCUT2D eigenvalue weighted by atomic mass is 10.1. The van der Waals surface area contributed by atoms with Gasteiger partial charge in [-0.25, -0.2) is 14.3 Å². The molecule has 0 aliphatic carbocycles. The zero-order valence-corrected chi connectivity index (χ0v) is 15.6. The van der Waals surface area contributed by atoms with Crippen LogP contribution in [0.5, 0.6) is 5.75 Å². The fourth-order valence-electron chi connectivity index (χ4n) is 2.91. The van der Waals surface area contributed by atoms with Crippen molar-refractivity contribution in [3.8, 4) is 5.75 Å². The van der Waals surface area contributed by atoms with E-state index >= 15 is 0 Å². The predicted octanol–water partition coefficient (Wildman–Crippen LogP) is 1.36. The molecule has 3 aromatic rings. The number of hydrogen-bond donors (Lipinski definition) is 1. The maximum absolute atomic E-state index is 12.8. The number of carbonyl (C=O) groups is 1. The Morgan fingerprint density at radius 1 is 1.22 bits per heavy atom. The molecule has 0 spiro atoms. The Morgan fingerprint density at radius 3 is 2.67 bits per heavy atom. The molecule has 0 radical (unpaired) electrons. The number of amides is 1. The number of methoxy groups -OCH3 is 1. The Morgan fingerprint density at radius 2 is 1.96 bits per heavy atom. The van der Waals surface area contributed by atoms with Crippen molar-refractivity contribution in [1.82, 2.24) is 14.1 Å². The summed E-state index contributed by atoms with van der Waals surface area (Å²) >= 11 is 0. The van der Waals surface area contributed by atoms with Crippen molar-refractivity contribution < 1.29 is 9.53 Å². The molecule has 8 heteroatoms. The quantitative estimate of drug-likeness (QED) is 0.750. The summed E-state index contributed by atoms with van der Waals surface area (Å²) in [7, 11) is 2.92. The van der Waals surface area contributed by atoms with Gasteiger partial charge in [0.15, 0.2) is 5.65 Å². The highest BCUT2D eigenvalue weighted by Gasteiger charge is 2.18.